The SMILES string of the molecule is C1CCNCC1.S=C(S)N1CCCC1. The van der Waals surface area contributed by atoms with Gasteiger partial charge in [0, 0.05) is 13.1 Å². The second-order valence-corrected chi connectivity index (χ2v) is 4.90. The molecule has 0 bridgehead atoms. The summed E-state index contributed by atoms with van der Waals surface area (Å²) in [5.41, 5.74) is 0. The number of rotatable bonds is 0. The van der Waals surface area contributed by atoms with E-state index in [4.69, 9.17) is 12.2 Å². The molecule has 0 aromatic carbocycles. The van der Waals surface area contributed by atoms with E-state index in [0.29, 0.717) is 0 Å². The van der Waals surface area contributed by atoms with Gasteiger partial charge in [-0.1, -0.05) is 18.6 Å². The highest BCUT2D eigenvalue weighted by Crippen LogP contribution is 2.09. The van der Waals surface area contributed by atoms with Crippen molar-refractivity contribution in [3.8, 4) is 0 Å². The van der Waals surface area contributed by atoms with Gasteiger partial charge in [0.25, 0.3) is 0 Å². The smallest absolute Gasteiger partial charge is 0.133 e. The van der Waals surface area contributed by atoms with E-state index in [1.807, 2.05) is 0 Å². The number of hydrogen-bond donors (Lipinski definition) is 2. The predicted octanol–water partition coefficient (Wildman–Crippen LogP) is 2.06. The van der Waals surface area contributed by atoms with Gasteiger partial charge in [0.1, 0.15) is 4.32 Å². The zero-order valence-corrected chi connectivity index (χ0v) is 10.4. The highest BCUT2D eigenvalue weighted by molar-refractivity contribution is 8.10. The molecule has 2 aliphatic heterocycles. The Kier molecular flexibility index (Phi) is 6.56. The molecular formula is C10H20N2S2. The number of likely N-dealkylation sites (tertiary alicyclic amines) is 1. The first-order chi connectivity index (χ1) is 6.80. The number of nitrogens with one attached hydrogen (secondary N) is 1. The van der Waals surface area contributed by atoms with E-state index in [1.165, 1.54) is 45.2 Å². The lowest BCUT2D eigenvalue weighted by Crippen LogP contribution is -2.21. The maximum atomic E-state index is 4.85. The summed E-state index contributed by atoms with van der Waals surface area (Å²) in [4.78, 5) is 2.12. The second kappa shape index (κ2) is 7.49. The molecule has 2 aliphatic rings. The summed E-state index contributed by atoms with van der Waals surface area (Å²) in [6.45, 7) is 4.73. The molecule has 2 heterocycles. The molecule has 0 unspecified atom stereocenters. The minimum atomic E-state index is 0.752. The molecule has 0 radical (unpaired) electrons. The molecule has 14 heavy (non-hydrogen) atoms. The Labute approximate surface area is 97.8 Å². The van der Waals surface area contributed by atoms with Gasteiger partial charge in [-0.05, 0) is 38.8 Å². The Morgan fingerprint density at radius 2 is 1.57 bits per heavy atom. The molecule has 0 aromatic heterocycles. The van der Waals surface area contributed by atoms with Gasteiger partial charge in [-0.25, -0.2) is 0 Å². The molecule has 0 amide bonds. The topological polar surface area (TPSA) is 15.3 Å². The van der Waals surface area contributed by atoms with E-state index in [9.17, 15) is 0 Å². The highest BCUT2D eigenvalue weighted by atomic mass is 32.1. The molecule has 0 spiro atoms. The van der Waals surface area contributed by atoms with Crippen LogP contribution in [-0.4, -0.2) is 35.4 Å². The molecule has 2 rings (SSSR count). The van der Waals surface area contributed by atoms with Crippen molar-refractivity contribution in [1.82, 2.24) is 10.2 Å². The van der Waals surface area contributed by atoms with Crippen molar-refractivity contribution in [3.05, 3.63) is 0 Å². The van der Waals surface area contributed by atoms with Gasteiger partial charge in [-0.15, -0.1) is 12.6 Å². The lowest BCUT2D eigenvalue weighted by molar-refractivity contribution is 0.520. The number of hydrogen-bond acceptors (Lipinski definition) is 2. The molecule has 2 fully saturated rings. The average Bonchev–Trinajstić information content (AvgIpc) is 2.74. The Morgan fingerprint density at radius 1 is 1.00 bits per heavy atom. The van der Waals surface area contributed by atoms with Gasteiger partial charge in [-0.3, -0.25) is 0 Å². The van der Waals surface area contributed by atoms with Crippen molar-refractivity contribution in [2.24, 2.45) is 0 Å². The third-order valence-electron chi connectivity index (χ3n) is 2.58. The fraction of sp³-hybridized carbons (Fsp3) is 0.900. The number of thiol groups is 1. The Bertz CT molecular complexity index is 152. The van der Waals surface area contributed by atoms with E-state index in [1.54, 1.807) is 0 Å². The fourth-order valence-corrected chi connectivity index (χ4v) is 2.09. The van der Waals surface area contributed by atoms with Crippen LogP contribution in [0.2, 0.25) is 0 Å². The van der Waals surface area contributed by atoms with Crippen LogP contribution in [0.5, 0.6) is 0 Å². The number of piperidine rings is 1. The van der Waals surface area contributed by atoms with Crippen LogP contribution in [0.4, 0.5) is 0 Å². The quantitative estimate of drug-likeness (QED) is 0.491. The van der Waals surface area contributed by atoms with Gasteiger partial charge < -0.3 is 10.2 Å². The Morgan fingerprint density at radius 3 is 1.79 bits per heavy atom. The van der Waals surface area contributed by atoms with Gasteiger partial charge >= 0.3 is 0 Å². The molecule has 0 aromatic rings. The van der Waals surface area contributed by atoms with E-state index in [2.05, 4.69) is 22.8 Å². The predicted molar refractivity (Wildman–Crippen MR) is 69.1 cm³/mol. The first-order valence-corrected chi connectivity index (χ1v) is 6.35. The molecular weight excluding hydrogens is 212 g/mol. The molecule has 82 valence electrons. The summed E-state index contributed by atoms with van der Waals surface area (Å²) >= 11 is 8.90. The molecule has 4 heteroatoms. The average molecular weight is 232 g/mol. The van der Waals surface area contributed by atoms with Crippen LogP contribution in [0.25, 0.3) is 0 Å². The third kappa shape index (κ3) is 5.17. The van der Waals surface area contributed by atoms with E-state index >= 15 is 0 Å². The van der Waals surface area contributed by atoms with Crippen LogP contribution >= 0.6 is 24.8 Å². The van der Waals surface area contributed by atoms with Crippen molar-refractivity contribution in [2.75, 3.05) is 26.2 Å². The zero-order valence-electron chi connectivity index (χ0n) is 8.67. The van der Waals surface area contributed by atoms with Crippen LogP contribution in [0.1, 0.15) is 32.1 Å². The lowest BCUT2D eigenvalue weighted by Gasteiger charge is -2.12. The Balaban J connectivity index is 0.000000146. The summed E-state index contributed by atoms with van der Waals surface area (Å²) in [6.07, 6.45) is 6.77. The molecule has 0 atom stereocenters. The van der Waals surface area contributed by atoms with Crippen LogP contribution in [0.3, 0.4) is 0 Å². The van der Waals surface area contributed by atoms with E-state index < -0.39 is 0 Å². The second-order valence-electron chi connectivity index (χ2n) is 3.79. The minimum absolute atomic E-state index is 0.752. The van der Waals surface area contributed by atoms with Crippen molar-refractivity contribution in [2.45, 2.75) is 32.1 Å². The van der Waals surface area contributed by atoms with Crippen LogP contribution in [-0.2, 0) is 0 Å². The van der Waals surface area contributed by atoms with Crippen molar-refractivity contribution in [3.63, 3.8) is 0 Å². The first-order valence-electron chi connectivity index (χ1n) is 5.49. The maximum absolute atomic E-state index is 4.85. The zero-order chi connectivity index (χ0) is 10.2. The molecule has 0 saturated carbocycles. The van der Waals surface area contributed by atoms with Gasteiger partial charge in [0.2, 0.25) is 0 Å². The molecule has 1 N–H and O–H groups in total. The number of thiocarbonyl (C=S) groups is 1. The van der Waals surface area contributed by atoms with Crippen molar-refractivity contribution in [1.29, 1.82) is 0 Å². The number of nitrogens with zero attached hydrogens (tertiary/aromatic N) is 1. The largest absolute Gasteiger partial charge is 0.358 e. The summed E-state index contributed by atoms with van der Waals surface area (Å²) in [5, 5.41) is 3.28. The molecule has 2 nitrogen and oxygen atoms in total. The lowest BCUT2D eigenvalue weighted by atomic mass is 10.2. The molecule has 2 saturated heterocycles. The summed E-state index contributed by atoms with van der Waals surface area (Å²) in [5.74, 6) is 0. The van der Waals surface area contributed by atoms with Crippen LogP contribution in [0.15, 0.2) is 0 Å². The third-order valence-corrected chi connectivity index (χ3v) is 3.12. The van der Waals surface area contributed by atoms with E-state index in [0.717, 1.165) is 17.4 Å². The first kappa shape index (κ1) is 12.3. The minimum Gasteiger partial charge on any atom is -0.358 e. The normalized spacial score (nSPS) is 21.4. The van der Waals surface area contributed by atoms with Gasteiger partial charge in [0.05, 0.1) is 0 Å². The van der Waals surface area contributed by atoms with Crippen LogP contribution in [0, 0.1) is 0 Å². The summed E-state index contributed by atoms with van der Waals surface area (Å²) in [6, 6.07) is 0. The standard InChI is InChI=1S/C5H9NS2.C5H11N/c7-5(8)6-3-1-2-4-6;1-2-4-6-5-3-1/h1-4H2,(H,7,8);6H,1-5H2. The summed E-state index contributed by atoms with van der Waals surface area (Å²) < 4.78 is 0.752. The van der Waals surface area contributed by atoms with Crippen molar-refractivity contribution < 1.29 is 0 Å². The van der Waals surface area contributed by atoms with Gasteiger partial charge in [0.15, 0.2) is 0 Å². The van der Waals surface area contributed by atoms with Gasteiger partial charge in [-0.2, -0.15) is 0 Å². The fourth-order valence-electron chi connectivity index (χ4n) is 1.71. The highest BCUT2D eigenvalue weighted by Gasteiger charge is 2.10. The monoisotopic (exact) mass is 232 g/mol. The maximum Gasteiger partial charge on any atom is 0.133 e. The Hall–Kier alpha value is 0.200. The van der Waals surface area contributed by atoms with Crippen LogP contribution < -0.4 is 5.32 Å². The summed E-state index contributed by atoms with van der Waals surface area (Å²) in [7, 11) is 0. The van der Waals surface area contributed by atoms with E-state index in [-0.39, 0.29) is 0 Å². The van der Waals surface area contributed by atoms with Crippen molar-refractivity contribution >= 4 is 29.2 Å². The molecule has 0 aliphatic carbocycles.